The van der Waals surface area contributed by atoms with Crippen molar-refractivity contribution in [2.24, 2.45) is 5.92 Å². The molecule has 1 amide bonds. The fourth-order valence-corrected chi connectivity index (χ4v) is 2.92. The van der Waals surface area contributed by atoms with Crippen molar-refractivity contribution in [2.75, 3.05) is 4.90 Å². The van der Waals surface area contributed by atoms with Gasteiger partial charge in [0, 0.05) is 17.3 Å². The Kier molecular flexibility index (Phi) is 4.72. The third-order valence-corrected chi connectivity index (χ3v) is 4.18. The molecule has 0 radical (unpaired) electrons. The van der Waals surface area contributed by atoms with Gasteiger partial charge in [-0.05, 0) is 32.0 Å². The van der Waals surface area contributed by atoms with E-state index < -0.39 is 0 Å². The second-order valence-corrected chi connectivity index (χ2v) is 6.72. The highest BCUT2D eigenvalue weighted by atomic mass is 35.5. The molecule has 0 N–H and O–H groups in total. The molecule has 7 heteroatoms. The number of halogens is 1. The molecule has 130 valence electrons. The normalized spacial score (nSPS) is 11.3. The van der Waals surface area contributed by atoms with E-state index in [1.54, 1.807) is 15.5 Å². The van der Waals surface area contributed by atoms with Crippen LogP contribution in [0.1, 0.15) is 31.1 Å². The number of anilines is 1. The van der Waals surface area contributed by atoms with Crippen molar-refractivity contribution < 1.29 is 4.79 Å². The Morgan fingerprint density at radius 1 is 1.24 bits per heavy atom. The van der Waals surface area contributed by atoms with Crippen LogP contribution in [0.25, 0.3) is 5.78 Å². The molecular formula is C18H20ClN5O. The fourth-order valence-electron chi connectivity index (χ4n) is 2.68. The summed E-state index contributed by atoms with van der Waals surface area (Å²) in [5, 5.41) is 5.02. The summed E-state index contributed by atoms with van der Waals surface area (Å²) in [7, 11) is 0. The molecule has 0 spiro atoms. The smallest absolute Gasteiger partial charge is 0.252 e. The molecule has 6 nitrogen and oxygen atoms in total. The van der Waals surface area contributed by atoms with Gasteiger partial charge < -0.3 is 4.90 Å². The van der Waals surface area contributed by atoms with Gasteiger partial charge in [0.05, 0.1) is 17.3 Å². The number of benzene rings is 1. The molecule has 0 aliphatic carbocycles. The van der Waals surface area contributed by atoms with Gasteiger partial charge in [0.2, 0.25) is 5.91 Å². The van der Waals surface area contributed by atoms with Crippen LogP contribution in [0.2, 0.25) is 5.02 Å². The number of hydrogen-bond donors (Lipinski definition) is 0. The van der Waals surface area contributed by atoms with E-state index in [9.17, 15) is 4.79 Å². The van der Waals surface area contributed by atoms with Gasteiger partial charge in [-0.25, -0.2) is 9.50 Å². The van der Waals surface area contributed by atoms with Crippen LogP contribution in [-0.2, 0) is 11.3 Å². The Bertz CT molecular complexity index is 934. The molecule has 0 unspecified atom stereocenters. The summed E-state index contributed by atoms with van der Waals surface area (Å²) < 4.78 is 1.69. The minimum absolute atomic E-state index is 0.0344. The highest BCUT2D eigenvalue weighted by Crippen LogP contribution is 2.27. The van der Waals surface area contributed by atoms with Crippen molar-refractivity contribution in [3.05, 3.63) is 52.6 Å². The Balaban J connectivity index is 2.02. The highest BCUT2D eigenvalue weighted by molar-refractivity contribution is 6.33. The molecule has 25 heavy (non-hydrogen) atoms. The van der Waals surface area contributed by atoms with Gasteiger partial charge in [0.1, 0.15) is 0 Å². The number of rotatable bonds is 4. The average molecular weight is 358 g/mol. The molecule has 3 aromatic rings. The first-order valence-electron chi connectivity index (χ1n) is 8.12. The zero-order valence-corrected chi connectivity index (χ0v) is 15.4. The highest BCUT2D eigenvalue weighted by Gasteiger charge is 2.23. The Morgan fingerprint density at radius 3 is 2.64 bits per heavy atom. The van der Waals surface area contributed by atoms with Crippen molar-refractivity contribution in [1.29, 1.82) is 0 Å². The van der Waals surface area contributed by atoms with Gasteiger partial charge in [-0.3, -0.25) is 4.79 Å². The molecule has 2 aromatic heterocycles. The number of carbonyl (C=O) groups excluding carboxylic acids is 1. The van der Waals surface area contributed by atoms with Gasteiger partial charge in [-0.15, -0.1) is 5.10 Å². The molecular weight excluding hydrogens is 338 g/mol. The summed E-state index contributed by atoms with van der Waals surface area (Å²) in [5.41, 5.74) is 2.48. The number of hydrogen-bond acceptors (Lipinski definition) is 4. The molecule has 2 heterocycles. The maximum absolute atomic E-state index is 12.7. The topological polar surface area (TPSA) is 63.4 Å². The van der Waals surface area contributed by atoms with E-state index in [1.807, 2.05) is 52.0 Å². The van der Waals surface area contributed by atoms with Crippen LogP contribution in [0.5, 0.6) is 0 Å². The fraction of sp³-hybridized carbons (Fsp3) is 0.333. The number of amides is 1. The van der Waals surface area contributed by atoms with Crippen molar-refractivity contribution >= 4 is 29.0 Å². The van der Waals surface area contributed by atoms with Gasteiger partial charge in [-0.1, -0.05) is 37.6 Å². The van der Waals surface area contributed by atoms with Crippen molar-refractivity contribution in [3.8, 4) is 0 Å². The minimum atomic E-state index is -0.171. The van der Waals surface area contributed by atoms with Gasteiger partial charge in [0.15, 0.2) is 5.82 Å². The van der Waals surface area contributed by atoms with Crippen molar-refractivity contribution in [2.45, 2.75) is 34.2 Å². The van der Waals surface area contributed by atoms with Crippen LogP contribution in [0.3, 0.4) is 0 Å². The maximum atomic E-state index is 12.7. The van der Waals surface area contributed by atoms with E-state index in [2.05, 4.69) is 15.1 Å². The second-order valence-electron chi connectivity index (χ2n) is 6.31. The largest absolute Gasteiger partial charge is 0.303 e. The first-order chi connectivity index (χ1) is 11.9. The van der Waals surface area contributed by atoms with E-state index in [0.717, 1.165) is 11.4 Å². The number of fused-ring (bicyclic) bond motifs is 1. The zero-order valence-electron chi connectivity index (χ0n) is 14.7. The summed E-state index contributed by atoms with van der Waals surface area (Å²) in [6.45, 7) is 7.82. The van der Waals surface area contributed by atoms with Crippen molar-refractivity contribution in [3.63, 3.8) is 0 Å². The summed E-state index contributed by atoms with van der Waals surface area (Å²) >= 11 is 6.31. The Labute approximate surface area is 151 Å². The lowest BCUT2D eigenvalue weighted by Crippen LogP contribution is -2.34. The van der Waals surface area contributed by atoms with E-state index in [0.29, 0.717) is 22.3 Å². The van der Waals surface area contributed by atoms with Crippen LogP contribution >= 0.6 is 11.6 Å². The third-order valence-electron chi connectivity index (χ3n) is 3.86. The molecule has 0 saturated carbocycles. The maximum Gasteiger partial charge on any atom is 0.252 e. The van der Waals surface area contributed by atoms with Crippen LogP contribution in [-0.4, -0.2) is 25.5 Å². The van der Waals surface area contributed by atoms with Gasteiger partial charge in [0.25, 0.3) is 5.78 Å². The molecule has 3 rings (SSSR count). The van der Waals surface area contributed by atoms with Crippen LogP contribution < -0.4 is 4.90 Å². The number of carbonyl (C=O) groups is 1. The Morgan fingerprint density at radius 2 is 1.96 bits per heavy atom. The molecule has 0 aliphatic rings. The van der Waals surface area contributed by atoms with Crippen LogP contribution in [0, 0.1) is 19.8 Å². The third kappa shape index (κ3) is 3.49. The van der Waals surface area contributed by atoms with E-state index in [1.165, 1.54) is 0 Å². The summed E-state index contributed by atoms with van der Waals surface area (Å²) in [5.74, 6) is 0.849. The number of nitrogens with zero attached hydrogens (tertiary/aromatic N) is 5. The predicted molar refractivity (Wildman–Crippen MR) is 97.7 cm³/mol. The SMILES string of the molecule is Cc1cc(C)n2nc(CN(C(=O)C(C)C)c3ccccc3Cl)nc2n1. The zero-order chi connectivity index (χ0) is 18.1. The Hall–Kier alpha value is -2.47. The molecule has 0 saturated heterocycles. The molecule has 0 atom stereocenters. The van der Waals surface area contributed by atoms with E-state index in [4.69, 9.17) is 11.6 Å². The first kappa shape index (κ1) is 17.4. The average Bonchev–Trinajstić information content (AvgIpc) is 2.95. The molecule has 0 aliphatic heterocycles. The molecule has 0 fully saturated rings. The monoisotopic (exact) mass is 357 g/mol. The lowest BCUT2D eigenvalue weighted by molar-refractivity contribution is -0.121. The van der Waals surface area contributed by atoms with E-state index in [-0.39, 0.29) is 18.4 Å². The number of para-hydroxylation sites is 1. The lowest BCUT2D eigenvalue weighted by atomic mass is 10.1. The number of aromatic nitrogens is 4. The van der Waals surface area contributed by atoms with Gasteiger partial charge in [-0.2, -0.15) is 4.98 Å². The molecule has 0 bridgehead atoms. The number of aryl methyl sites for hydroxylation is 2. The summed E-state index contributed by atoms with van der Waals surface area (Å²) in [4.78, 5) is 23.2. The molecule has 1 aromatic carbocycles. The summed E-state index contributed by atoms with van der Waals surface area (Å²) in [6, 6.07) is 9.23. The quantitative estimate of drug-likeness (QED) is 0.715. The second kappa shape index (κ2) is 6.80. The van der Waals surface area contributed by atoms with Crippen molar-refractivity contribution in [1.82, 2.24) is 19.6 Å². The predicted octanol–water partition coefficient (Wildman–Crippen LogP) is 3.58. The van der Waals surface area contributed by atoms with Gasteiger partial charge >= 0.3 is 0 Å². The van der Waals surface area contributed by atoms with Crippen LogP contribution in [0.15, 0.2) is 30.3 Å². The lowest BCUT2D eigenvalue weighted by Gasteiger charge is -2.24. The van der Waals surface area contributed by atoms with E-state index >= 15 is 0 Å². The first-order valence-corrected chi connectivity index (χ1v) is 8.50. The van der Waals surface area contributed by atoms with Crippen LogP contribution in [0.4, 0.5) is 5.69 Å². The summed E-state index contributed by atoms with van der Waals surface area (Å²) in [6.07, 6.45) is 0. The minimum Gasteiger partial charge on any atom is -0.303 e. The standard InChI is InChI=1S/C18H20ClN5O/c1-11(2)17(25)23(15-8-6-5-7-14(15)19)10-16-21-18-20-12(3)9-13(4)24(18)22-16/h5-9,11H,10H2,1-4H3.